The Balaban J connectivity index is 2.10. The van der Waals surface area contributed by atoms with Crippen molar-refractivity contribution in [2.45, 2.75) is 6.92 Å². The predicted molar refractivity (Wildman–Crippen MR) is 89.7 cm³/mol. The highest BCUT2D eigenvalue weighted by Crippen LogP contribution is 2.23. The van der Waals surface area contributed by atoms with E-state index < -0.39 is 0 Å². The molecule has 5 heteroatoms. The van der Waals surface area contributed by atoms with Gasteiger partial charge in [-0.2, -0.15) is 0 Å². The van der Waals surface area contributed by atoms with E-state index in [1.165, 1.54) is 18.3 Å². The van der Waals surface area contributed by atoms with Gasteiger partial charge < -0.3 is 5.32 Å². The standard InChI is InChI=1S/C16H12Cl3NO/c1-10-2-5-13(18)15(8-10)20-7-6-16(21)12-4-3-11(17)9-14(12)19/h2-9,20H,1H3/b7-6-. The maximum Gasteiger partial charge on any atom is 0.188 e. The lowest BCUT2D eigenvalue weighted by Gasteiger charge is -2.05. The molecule has 0 bridgehead atoms. The number of ketones is 1. The van der Waals surface area contributed by atoms with Crippen molar-refractivity contribution in [2.24, 2.45) is 0 Å². The zero-order valence-corrected chi connectivity index (χ0v) is 13.4. The first-order valence-electron chi connectivity index (χ1n) is 6.16. The number of rotatable bonds is 4. The summed E-state index contributed by atoms with van der Waals surface area (Å²) < 4.78 is 0. The number of carbonyl (C=O) groups excluding carboxylic acids is 1. The fourth-order valence-electron chi connectivity index (χ4n) is 1.74. The van der Waals surface area contributed by atoms with Crippen LogP contribution in [0.5, 0.6) is 0 Å². The van der Waals surface area contributed by atoms with Crippen molar-refractivity contribution in [1.29, 1.82) is 0 Å². The molecule has 0 aliphatic heterocycles. The van der Waals surface area contributed by atoms with Gasteiger partial charge in [0.1, 0.15) is 0 Å². The van der Waals surface area contributed by atoms with Crippen LogP contribution in [0.3, 0.4) is 0 Å². The van der Waals surface area contributed by atoms with Gasteiger partial charge in [0.25, 0.3) is 0 Å². The Morgan fingerprint density at radius 1 is 1.05 bits per heavy atom. The summed E-state index contributed by atoms with van der Waals surface area (Å²) in [5.41, 5.74) is 2.21. The lowest BCUT2D eigenvalue weighted by molar-refractivity contribution is 0.104. The Labute approximate surface area is 138 Å². The number of carbonyl (C=O) groups is 1. The summed E-state index contributed by atoms with van der Waals surface area (Å²) in [6.45, 7) is 1.96. The number of nitrogens with one attached hydrogen (secondary N) is 1. The molecule has 1 N–H and O–H groups in total. The van der Waals surface area contributed by atoms with Crippen molar-refractivity contribution < 1.29 is 4.79 Å². The third kappa shape index (κ3) is 4.24. The smallest absolute Gasteiger partial charge is 0.188 e. The number of anilines is 1. The van der Waals surface area contributed by atoms with E-state index >= 15 is 0 Å². The van der Waals surface area contributed by atoms with Gasteiger partial charge in [-0.05, 0) is 42.8 Å². The van der Waals surface area contributed by atoms with E-state index in [4.69, 9.17) is 34.8 Å². The van der Waals surface area contributed by atoms with E-state index in [9.17, 15) is 4.79 Å². The minimum atomic E-state index is -0.215. The summed E-state index contributed by atoms with van der Waals surface area (Å²) in [5.74, 6) is -0.215. The number of allylic oxidation sites excluding steroid dienone is 1. The molecule has 0 atom stereocenters. The Hall–Kier alpha value is -1.48. The van der Waals surface area contributed by atoms with Crippen LogP contribution >= 0.6 is 34.8 Å². The van der Waals surface area contributed by atoms with Crippen molar-refractivity contribution in [1.82, 2.24) is 0 Å². The average molecular weight is 341 g/mol. The zero-order chi connectivity index (χ0) is 15.4. The Bertz CT molecular complexity index is 711. The van der Waals surface area contributed by atoms with Gasteiger partial charge in [-0.25, -0.2) is 0 Å². The lowest BCUT2D eigenvalue weighted by atomic mass is 10.1. The van der Waals surface area contributed by atoms with Crippen LogP contribution in [0.15, 0.2) is 48.7 Å². The van der Waals surface area contributed by atoms with Gasteiger partial charge in [0.2, 0.25) is 0 Å². The SMILES string of the molecule is Cc1ccc(Cl)c(N/C=C\C(=O)c2ccc(Cl)cc2Cl)c1. The van der Waals surface area contributed by atoms with Crippen molar-refractivity contribution in [3.8, 4) is 0 Å². The van der Waals surface area contributed by atoms with Gasteiger partial charge in [-0.15, -0.1) is 0 Å². The number of aryl methyl sites for hydroxylation is 1. The molecule has 2 aromatic rings. The molecule has 108 valence electrons. The molecule has 0 amide bonds. The Kier molecular flexibility index (Phi) is 5.29. The molecule has 0 saturated carbocycles. The van der Waals surface area contributed by atoms with Crippen LogP contribution in [0.4, 0.5) is 5.69 Å². The number of hydrogen-bond acceptors (Lipinski definition) is 2. The van der Waals surface area contributed by atoms with Crippen LogP contribution in [0.2, 0.25) is 15.1 Å². The molecule has 0 aliphatic rings. The van der Waals surface area contributed by atoms with E-state index in [1.54, 1.807) is 18.2 Å². The average Bonchev–Trinajstić information content (AvgIpc) is 2.42. The molecular formula is C16H12Cl3NO. The van der Waals surface area contributed by atoms with E-state index in [2.05, 4.69) is 5.32 Å². The molecular weight excluding hydrogens is 329 g/mol. The predicted octanol–water partition coefficient (Wildman–Crippen LogP) is 5.76. The van der Waals surface area contributed by atoms with Crippen molar-refractivity contribution in [3.63, 3.8) is 0 Å². The summed E-state index contributed by atoms with van der Waals surface area (Å²) in [7, 11) is 0. The first kappa shape index (κ1) is 15.9. The molecule has 0 fully saturated rings. The molecule has 0 heterocycles. The number of benzene rings is 2. The van der Waals surface area contributed by atoms with Crippen LogP contribution in [0, 0.1) is 6.92 Å². The van der Waals surface area contributed by atoms with Gasteiger partial charge in [-0.1, -0.05) is 40.9 Å². The summed E-state index contributed by atoms with van der Waals surface area (Å²) in [5, 5.41) is 4.38. The third-order valence-electron chi connectivity index (χ3n) is 2.79. The quantitative estimate of drug-likeness (QED) is 0.566. The maximum absolute atomic E-state index is 12.0. The van der Waals surface area contributed by atoms with Crippen LogP contribution < -0.4 is 5.32 Å². The topological polar surface area (TPSA) is 29.1 Å². The normalized spacial score (nSPS) is 10.9. The highest BCUT2D eigenvalue weighted by atomic mass is 35.5. The second kappa shape index (κ2) is 6.99. The highest BCUT2D eigenvalue weighted by molar-refractivity contribution is 6.37. The van der Waals surface area contributed by atoms with Gasteiger partial charge in [0.15, 0.2) is 5.78 Å². The van der Waals surface area contributed by atoms with Gasteiger partial charge in [-0.3, -0.25) is 4.79 Å². The third-order valence-corrected chi connectivity index (χ3v) is 3.67. The van der Waals surface area contributed by atoms with Crippen LogP contribution in [0.1, 0.15) is 15.9 Å². The van der Waals surface area contributed by atoms with E-state index in [-0.39, 0.29) is 5.78 Å². The summed E-state index contributed by atoms with van der Waals surface area (Å²) in [4.78, 5) is 12.0. The summed E-state index contributed by atoms with van der Waals surface area (Å²) in [6, 6.07) is 10.4. The molecule has 0 unspecified atom stereocenters. The van der Waals surface area contributed by atoms with Crippen molar-refractivity contribution in [2.75, 3.05) is 5.32 Å². The molecule has 2 aromatic carbocycles. The van der Waals surface area contributed by atoms with Gasteiger partial charge in [0.05, 0.1) is 15.7 Å². The van der Waals surface area contributed by atoms with Crippen LogP contribution in [-0.2, 0) is 0 Å². The molecule has 0 spiro atoms. The second-order valence-corrected chi connectivity index (χ2v) is 5.70. The maximum atomic E-state index is 12.0. The van der Waals surface area contributed by atoms with Crippen LogP contribution in [-0.4, -0.2) is 5.78 Å². The monoisotopic (exact) mass is 339 g/mol. The molecule has 21 heavy (non-hydrogen) atoms. The molecule has 0 aliphatic carbocycles. The Morgan fingerprint density at radius 2 is 1.81 bits per heavy atom. The van der Waals surface area contributed by atoms with E-state index in [1.807, 2.05) is 19.1 Å². The first-order valence-corrected chi connectivity index (χ1v) is 7.29. The minimum Gasteiger partial charge on any atom is -0.360 e. The first-order chi connectivity index (χ1) is 9.97. The van der Waals surface area contributed by atoms with Crippen LogP contribution in [0.25, 0.3) is 0 Å². The van der Waals surface area contributed by atoms with Crippen molar-refractivity contribution in [3.05, 3.63) is 74.9 Å². The molecule has 0 radical (unpaired) electrons. The summed E-state index contributed by atoms with van der Waals surface area (Å²) in [6.07, 6.45) is 2.93. The van der Waals surface area contributed by atoms with E-state index in [0.717, 1.165) is 11.3 Å². The molecule has 2 nitrogen and oxygen atoms in total. The number of hydrogen-bond donors (Lipinski definition) is 1. The minimum absolute atomic E-state index is 0.215. The molecule has 0 aromatic heterocycles. The largest absolute Gasteiger partial charge is 0.360 e. The highest BCUT2D eigenvalue weighted by Gasteiger charge is 2.07. The van der Waals surface area contributed by atoms with Gasteiger partial charge >= 0.3 is 0 Å². The fraction of sp³-hybridized carbons (Fsp3) is 0.0625. The van der Waals surface area contributed by atoms with Crippen molar-refractivity contribution >= 4 is 46.3 Å². The lowest BCUT2D eigenvalue weighted by Crippen LogP contribution is -1.97. The van der Waals surface area contributed by atoms with Gasteiger partial charge in [0, 0.05) is 22.9 Å². The number of halogens is 3. The Morgan fingerprint density at radius 3 is 2.52 bits per heavy atom. The zero-order valence-electron chi connectivity index (χ0n) is 11.2. The fourth-order valence-corrected chi connectivity index (χ4v) is 2.41. The molecule has 2 rings (SSSR count). The summed E-state index contributed by atoms with van der Waals surface area (Å²) >= 11 is 17.8. The molecule has 0 saturated heterocycles. The van der Waals surface area contributed by atoms with E-state index in [0.29, 0.717) is 20.6 Å². The second-order valence-electron chi connectivity index (χ2n) is 4.45.